The fourth-order valence-corrected chi connectivity index (χ4v) is 4.32. The molecule has 1 aromatic carbocycles. The van der Waals surface area contributed by atoms with Gasteiger partial charge in [0.2, 0.25) is 5.91 Å². The first-order valence-corrected chi connectivity index (χ1v) is 10.4. The number of carbonyl (C=O) groups excluding carboxylic acids is 2. The molecule has 2 aromatic rings. The number of furan rings is 1. The van der Waals surface area contributed by atoms with Crippen LogP contribution in [0.3, 0.4) is 0 Å². The van der Waals surface area contributed by atoms with E-state index in [9.17, 15) is 9.59 Å². The highest BCUT2D eigenvalue weighted by atomic mass is 16.5. The van der Waals surface area contributed by atoms with Gasteiger partial charge in [-0.2, -0.15) is 0 Å². The number of aryl methyl sites for hydroxylation is 1. The molecule has 2 aliphatic heterocycles. The van der Waals surface area contributed by atoms with Crippen LogP contribution in [0.25, 0.3) is 0 Å². The molecule has 0 saturated carbocycles. The maximum absolute atomic E-state index is 13.2. The minimum atomic E-state index is -0.200. The molecule has 6 heteroatoms. The van der Waals surface area contributed by atoms with Gasteiger partial charge in [0.05, 0.1) is 31.0 Å². The van der Waals surface area contributed by atoms with Gasteiger partial charge in [-0.15, -0.1) is 0 Å². The van der Waals surface area contributed by atoms with Crippen LogP contribution < -0.4 is 0 Å². The lowest BCUT2D eigenvalue weighted by atomic mass is 9.83. The van der Waals surface area contributed by atoms with Gasteiger partial charge in [-0.1, -0.05) is 31.2 Å². The SMILES string of the molecule is CCc1ccc(C2CC(C(=O)N3CCOCC3)CN(C(=O)c3ccoc3)C2)cc1. The molecule has 2 fully saturated rings. The Labute approximate surface area is 171 Å². The summed E-state index contributed by atoms with van der Waals surface area (Å²) < 4.78 is 10.5. The minimum absolute atomic E-state index is 0.0756. The van der Waals surface area contributed by atoms with Crippen LogP contribution in [0.5, 0.6) is 0 Å². The quantitative estimate of drug-likeness (QED) is 0.797. The lowest BCUT2D eigenvalue weighted by molar-refractivity contribution is -0.141. The number of hydrogen-bond acceptors (Lipinski definition) is 4. The van der Waals surface area contributed by atoms with Gasteiger partial charge in [0.1, 0.15) is 6.26 Å². The van der Waals surface area contributed by atoms with Crippen molar-refractivity contribution in [2.75, 3.05) is 39.4 Å². The number of carbonyl (C=O) groups is 2. The average Bonchev–Trinajstić information content (AvgIpc) is 3.33. The van der Waals surface area contributed by atoms with Crippen LogP contribution in [-0.2, 0) is 16.0 Å². The van der Waals surface area contributed by atoms with Crippen LogP contribution in [-0.4, -0.2) is 61.0 Å². The summed E-state index contributed by atoms with van der Waals surface area (Å²) in [7, 11) is 0. The summed E-state index contributed by atoms with van der Waals surface area (Å²) >= 11 is 0. The minimum Gasteiger partial charge on any atom is -0.472 e. The van der Waals surface area contributed by atoms with Crippen LogP contribution in [0.2, 0.25) is 0 Å². The molecule has 2 aliphatic rings. The van der Waals surface area contributed by atoms with Crippen molar-refractivity contribution in [1.82, 2.24) is 9.80 Å². The normalized spacial score (nSPS) is 22.5. The van der Waals surface area contributed by atoms with Gasteiger partial charge in [-0.05, 0) is 30.0 Å². The van der Waals surface area contributed by atoms with E-state index in [1.807, 2.05) is 9.80 Å². The van der Waals surface area contributed by atoms with Crippen molar-refractivity contribution in [2.45, 2.75) is 25.7 Å². The van der Waals surface area contributed by atoms with Gasteiger partial charge in [0.15, 0.2) is 0 Å². The van der Waals surface area contributed by atoms with E-state index in [0.717, 1.165) is 12.8 Å². The monoisotopic (exact) mass is 396 g/mol. The van der Waals surface area contributed by atoms with E-state index in [2.05, 4.69) is 31.2 Å². The zero-order valence-electron chi connectivity index (χ0n) is 16.9. The summed E-state index contributed by atoms with van der Waals surface area (Å²) in [6.07, 6.45) is 4.74. The summed E-state index contributed by atoms with van der Waals surface area (Å²) in [5.41, 5.74) is 3.01. The van der Waals surface area contributed by atoms with Gasteiger partial charge in [-0.3, -0.25) is 9.59 Å². The van der Waals surface area contributed by atoms with Gasteiger partial charge >= 0.3 is 0 Å². The number of nitrogens with zero attached hydrogens (tertiary/aromatic N) is 2. The topological polar surface area (TPSA) is 63.0 Å². The standard InChI is InChI=1S/C23H28N2O4/c1-2-17-3-5-18(6-4-17)20-13-21(23(27)24-8-11-28-12-9-24)15-25(14-20)22(26)19-7-10-29-16-19/h3-7,10,16,20-21H,2,8-9,11-15H2,1H3. The summed E-state index contributed by atoms with van der Waals surface area (Å²) in [6.45, 7) is 5.61. The highest BCUT2D eigenvalue weighted by molar-refractivity contribution is 5.94. The number of ether oxygens (including phenoxy) is 1. The number of amides is 2. The Morgan fingerprint density at radius 3 is 2.45 bits per heavy atom. The number of piperidine rings is 1. The van der Waals surface area contributed by atoms with Gasteiger partial charge in [0.25, 0.3) is 5.91 Å². The maximum Gasteiger partial charge on any atom is 0.257 e. The fraction of sp³-hybridized carbons (Fsp3) is 0.478. The molecular formula is C23H28N2O4. The van der Waals surface area contributed by atoms with Crippen LogP contribution >= 0.6 is 0 Å². The molecule has 2 saturated heterocycles. The first-order chi connectivity index (χ1) is 14.2. The Balaban J connectivity index is 1.57. The van der Waals surface area contributed by atoms with E-state index in [1.54, 1.807) is 6.07 Å². The Bertz CT molecular complexity index is 825. The third-order valence-corrected chi connectivity index (χ3v) is 6.04. The van der Waals surface area contributed by atoms with Gasteiger partial charge < -0.3 is 19.0 Å². The third-order valence-electron chi connectivity index (χ3n) is 6.04. The Kier molecular flexibility index (Phi) is 6.00. The van der Waals surface area contributed by atoms with Crippen LogP contribution in [0.4, 0.5) is 0 Å². The molecule has 0 bridgehead atoms. The Hall–Kier alpha value is -2.60. The predicted octanol–water partition coefficient (Wildman–Crippen LogP) is 2.95. The van der Waals surface area contributed by atoms with Crippen LogP contribution in [0.15, 0.2) is 47.3 Å². The first-order valence-electron chi connectivity index (χ1n) is 10.4. The predicted molar refractivity (Wildman–Crippen MR) is 109 cm³/mol. The number of likely N-dealkylation sites (tertiary alicyclic amines) is 1. The van der Waals surface area contributed by atoms with Crippen LogP contribution in [0.1, 0.15) is 40.7 Å². The molecule has 6 nitrogen and oxygen atoms in total. The second-order valence-electron chi connectivity index (χ2n) is 7.88. The smallest absolute Gasteiger partial charge is 0.257 e. The van der Waals surface area contributed by atoms with E-state index >= 15 is 0 Å². The molecule has 0 spiro atoms. The van der Waals surface area contributed by atoms with Crippen molar-refractivity contribution >= 4 is 11.8 Å². The number of morpholine rings is 1. The molecule has 0 aliphatic carbocycles. The molecule has 2 atom stereocenters. The molecule has 154 valence electrons. The van der Waals surface area contributed by atoms with Gasteiger partial charge in [0, 0.05) is 32.1 Å². The zero-order chi connectivity index (χ0) is 20.2. The number of benzene rings is 1. The van der Waals surface area contributed by atoms with E-state index in [-0.39, 0.29) is 23.7 Å². The van der Waals surface area contributed by atoms with E-state index in [1.165, 1.54) is 23.7 Å². The van der Waals surface area contributed by atoms with Crippen molar-refractivity contribution in [3.05, 3.63) is 59.5 Å². The van der Waals surface area contributed by atoms with Crippen molar-refractivity contribution in [3.8, 4) is 0 Å². The Morgan fingerprint density at radius 2 is 1.79 bits per heavy atom. The molecule has 2 amide bonds. The molecule has 0 N–H and O–H groups in total. The Morgan fingerprint density at radius 1 is 1.03 bits per heavy atom. The zero-order valence-corrected chi connectivity index (χ0v) is 16.9. The molecule has 4 rings (SSSR count). The van der Waals surface area contributed by atoms with Crippen molar-refractivity contribution in [1.29, 1.82) is 0 Å². The summed E-state index contributed by atoms with van der Waals surface area (Å²) in [4.78, 5) is 29.9. The molecule has 1 aromatic heterocycles. The summed E-state index contributed by atoms with van der Waals surface area (Å²) in [5.74, 6) is -0.00405. The highest BCUT2D eigenvalue weighted by Gasteiger charge is 2.37. The van der Waals surface area contributed by atoms with Crippen molar-refractivity contribution < 1.29 is 18.7 Å². The summed E-state index contributed by atoms with van der Waals surface area (Å²) in [5, 5.41) is 0. The van der Waals surface area contributed by atoms with Crippen molar-refractivity contribution in [3.63, 3.8) is 0 Å². The largest absolute Gasteiger partial charge is 0.472 e. The summed E-state index contributed by atoms with van der Waals surface area (Å²) in [6, 6.07) is 10.3. The third kappa shape index (κ3) is 4.37. The maximum atomic E-state index is 13.2. The highest BCUT2D eigenvalue weighted by Crippen LogP contribution is 2.32. The van der Waals surface area contributed by atoms with Crippen molar-refractivity contribution in [2.24, 2.45) is 5.92 Å². The molecule has 2 unspecified atom stereocenters. The fourth-order valence-electron chi connectivity index (χ4n) is 4.32. The second kappa shape index (κ2) is 8.82. The lowest BCUT2D eigenvalue weighted by Crippen LogP contribution is -2.51. The number of hydrogen-bond donors (Lipinski definition) is 0. The van der Waals surface area contributed by atoms with E-state index < -0.39 is 0 Å². The van der Waals surface area contributed by atoms with Crippen LogP contribution in [0, 0.1) is 5.92 Å². The molecule has 29 heavy (non-hydrogen) atoms. The second-order valence-corrected chi connectivity index (χ2v) is 7.88. The first kappa shape index (κ1) is 19.7. The lowest BCUT2D eigenvalue weighted by Gasteiger charge is -2.40. The molecule has 0 radical (unpaired) electrons. The molecular weight excluding hydrogens is 368 g/mol. The number of rotatable bonds is 4. The van der Waals surface area contributed by atoms with Gasteiger partial charge in [-0.25, -0.2) is 0 Å². The van der Waals surface area contributed by atoms with E-state index in [0.29, 0.717) is 45.0 Å². The van der Waals surface area contributed by atoms with E-state index in [4.69, 9.17) is 9.15 Å². The molecule has 3 heterocycles. The average molecular weight is 396 g/mol.